The lowest BCUT2D eigenvalue weighted by atomic mass is 10.1. The van der Waals surface area contributed by atoms with Gasteiger partial charge in [0.15, 0.2) is 0 Å². The second kappa shape index (κ2) is 6.75. The maximum atomic E-state index is 10.7. The van der Waals surface area contributed by atoms with E-state index in [1.165, 1.54) is 0 Å². The monoisotopic (exact) mass is 335 g/mol. The van der Waals surface area contributed by atoms with Gasteiger partial charge in [-0.3, -0.25) is 4.79 Å². The lowest BCUT2D eigenvalue weighted by Crippen LogP contribution is -2.06. The van der Waals surface area contributed by atoms with Gasteiger partial charge in [0.25, 0.3) is 0 Å². The molecular formula is C16H18BrNO2. The number of aliphatic carboxylic acids is 1. The molecule has 0 unspecified atom stereocenters. The van der Waals surface area contributed by atoms with Gasteiger partial charge in [0.2, 0.25) is 0 Å². The first-order chi connectivity index (χ1) is 9.61. The standard InChI is InChI=1S/C16H18BrNO2/c1-2-11-18-14(8-10-16(19)20)7-9-15(18)12-3-5-13(17)6-4-12/h3-7,9H,2,8,10-11H2,1H3,(H,19,20). The van der Waals surface area contributed by atoms with E-state index in [0.29, 0.717) is 6.42 Å². The van der Waals surface area contributed by atoms with Crippen LogP contribution in [0.1, 0.15) is 25.5 Å². The van der Waals surface area contributed by atoms with Crippen LogP contribution in [-0.4, -0.2) is 15.6 Å². The van der Waals surface area contributed by atoms with Crippen molar-refractivity contribution in [2.24, 2.45) is 0 Å². The fraction of sp³-hybridized carbons (Fsp3) is 0.312. The molecular weight excluding hydrogens is 318 g/mol. The topological polar surface area (TPSA) is 42.2 Å². The summed E-state index contributed by atoms with van der Waals surface area (Å²) in [5.41, 5.74) is 3.40. The molecule has 0 fully saturated rings. The van der Waals surface area contributed by atoms with E-state index in [0.717, 1.165) is 34.4 Å². The first kappa shape index (κ1) is 14.9. The molecule has 0 atom stereocenters. The summed E-state index contributed by atoms with van der Waals surface area (Å²) in [5.74, 6) is -0.751. The molecule has 2 rings (SSSR count). The quantitative estimate of drug-likeness (QED) is 0.852. The number of hydrogen-bond acceptors (Lipinski definition) is 1. The van der Waals surface area contributed by atoms with E-state index in [9.17, 15) is 4.79 Å². The van der Waals surface area contributed by atoms with Crippen molar-refractivity contribution in [1.82, 2.24) is 4.57 Å². The van der Waals surface area contributed by atoms with Crippen LogP contribution >= 0.6 is 15.9 Å². The smallest absolute Gasteiger partial charge is 0.303 e. The highest BCUT2D eigenvalue weighted by molar-refractivity contribution is 9.10. The van der Waals surface area contributed by atoms with Gasteiger partial charge in [-0.25, -0.2) is 0 Å². The first-order valence-corrected chi connectivity index (χ1v) is 7.57. The van der Waals surface area contributed by atoms with E-state index in [2.05, 4.69) is 45.6 Å². The van der Waals surface area contributed by atoms with Gasteiger partial charge in [-0.1, -0.05) is 35.0 Å². The van der Waals surface area contributed by atoms with Crippen LogP contribution in [0.15, 0.2) is 40.9 Å². The van der Waals surface area contributed by atoms with E-state index in [4.69, 9.17) is 5.11 Å². The fourth-order valence-electron chi connectivity index (χ4n) is 2.32. The molecule has 0 aliphatic carbocycles. The molecule has 1 heterocycles. The number of hydrogen-bond donors (Lipinski definition) is 1. The van der Waals surface area contributed by atoms with Gasteiger partial charge >= 0.3 is 5.97 Å². The molecule has 0 aliphatic rings. The van der Waals surface area contributed by atoms with Crippen molar-refractivity contribution in [3.63, 3.8) is 0 Å². The van der Waals surface area contributed by atoms with Crippen LogP contribution in [-0.2, 0) is 17.8 Å². The fourth-order valence-corrected chi connectivity index (χ4v) is 2.59. The third-order valence-corrected chi connectivity index (χ3v) is 3.78. The molecule has 1 N–H and O–H groups in total. The Morgan fingerprint density at radius 3 is 2.50 bits per heavy atom. The molecule has 0 saturated carbocycles. The van der Waals surface area contributed by atoms with Gasteiger partial charge in [0.1, 0.15) is 0 Å². The number of halogens is 1. The zero-order valence-electron chi connectivity index (χ0n) is 11.5. The number of carbonyl (C=O) groups is 1. The first-order valence-electron chi connectivity index (χ1n) is 6.78. The second-order valence-corrected chi connectivity index (χ2v) is 5.68. The zero-order valence-corrected chi connectivity index (χ0v) is 13.1. The Kier molecular flexibility index (Phi) is 5.01. The van der Waals surface area contributed by atoms with Crippen molar-refractivity contribution in [2.45, 2.75) is 32.7 Å². The summed E-state index contributed by atoms with van der Waals surface area (Å²) < 4.78 is 3.28. The Morgan fingerprint density at radius 1 is 1.20 bits per heavy atom. The molecule has 20 heavy (non-hydrogen) atoms. The van der Waals surface area contributed by atoms with Crippen molar-refractivity contribution in [1.29, 1.82) is 0 Å². The number of aryl methyl sites for hydroxylation is 1. The van der Waals surface area contributed by atoms with Crippen molar-refractivity contribution in [3.05, 3.63) is 46.6 Å². The lowest BCUT2D eigenvalue weighted by molar-refractivity contribution is -0.136. The van der Waals surface area contributed by atoms with Gasteiger partial charge in [-0.15, -0.1) is 0 Å². The highest BCUT2D eigenvalue weighted by Crippen LogP contribution is 2.25. The number of benzene rings is 1. The summed E-state index contributed by atoms with van der Waals surface area (Å²) in [5, 5.41) is 8.84. The SMILES string of the molecule is CCCn1c(CCC(=O)O)ccc1-c1ccc(Br)cc1. The van der Waals surface area contributed by atoms with Crippen LogP contribution in [0.3, 0.4) is 0 Å². The highest BCUT2D eigenvalue weighted by atomic mass is 79.9. The van der Waals surface area contributed by atoms with Crippen molar-refractivity contribution in [2.75, 3.05) is 0 Å². The predicted octanol–water partition coefficient (Wildman–Crippen LogP) is 4.34. The minimum atomic E-state index is -0.751. The molecule has 4 heteroatoms. The van der Waals surface area contributed by atoms with Crippen LogP contribution in [0.25, 0.3) is 11.3 Å². The number of aromatic nitrogens is 1. The molecule has 1 aromatic carbocycles. The van der Waals surface area contributed by atoms with Crippen LogP contribution < -0.4 is 0 Å². The van der Waals surface area contributed by atoms with Gasteiger partial charge in [0.05, 0.1) is 6.42 Å². The summed E-state index contributed by atoms with van der Waals surface area (Å²) in [7, 11) is 0. The summed E-state index contributed by atoms with van der Waals surface area (Å²) in [6.45, 7) is 3.04. The minimum Gasteiger partial charge on any atom is -0.481 e. The van der Waals surface area contributed by atoms with Crippen LogP contribution in [0.4, 0.5) is 0 Å². The molecule has 0 amide bonds. The maximum Gasteiger partial charge on any atom is 0.303 e. The minimum absolute atomic E-state index is 0.174. The molecule has 3 nitrogen and oxygen atoms in total. The number of carboxylic acids is 1. The molecule has 2 aromatic rings. The molecule has 1 aromatic heterocycles. The second-order valence-electron chi connectivity index (χ2n) is 4.76. The molecule has 0 radical (unpaired) electrons. The summed E-state index contributed by atoms with van der Waals surface area (Å²) in [6.07, 6.45) is 1.78. The average Bonchev–Trinajstić information content (AvgIpc) is 2.81. The molecule has 0 saturated heterocycles. The van der Waals surface area contributed by atoms with Crippen LogP contribution in [0.5, 0.6) is 0 Å². The summed E-state index contributed by atoms with van der Waals surface area (Å²) >= 11 is 3.44. The zero-order chi connectivity index (χ0) is 14.5. The normalized spacial score (nSPS) is 10.7. The Hall–Kier alpha value is -1.55. The van der Waals surface area contributed by atoms with E-state index in [1.807, 2.05) is 18.2 Å². The summed E-state index contributed by atoms with van der Waals surface area (Å²) in [4.78, 5) is 10.7. The molecule has 106 valence electrons. The Morgan fingerprint density at radius 2 is 1.90 bits per heavy atom. The van der Waals surface area contributed by atoms with E-state index < -0.39 is 5.97 Å². The average molecular weight is 336 g/mol. The van der Waals surface area contributed by atoms with Crippen molar-refractivity contribution >= 4 is 21.9 Å². The van der Waals surface area contributed by atoms with Gasteiger partial charge in [0, 0.05) is 22.4 Å². The summed E-state index contributed by atoms with van der Waals surface area (Å²) in [6, 6.07) is 12.3. The molecule has 0 aliphatic heterocycles. The van der Waals surface area contributed by atoms with Crippen molar-refractivity contribution in [3.8, 4) is 11.3 Å². The predicted molar refractivity (Wildman–Crippen MR) is 83.8 cm³/mol. The van der Waals surface area contributed by atoms with Gasteiger partial charge in [-0.05, 0) is 42.7 Å². The highest BCUT2D eigenvalue weighted by Gasteiger charge is 2.10. The van der Waals surface area contributed by atoms with E-state index in [1.54, 1.807) is 0 Å². The molecule has 0 spiro atoms. The van der Waals surface area contributed by atoms with Crippen molar-refractivity contribution < 1.29 is 9.90 Å². The van der Waals surface area contributed by atoms with Gasteiger partial charge < -0.3 is 9.67 Å². The lowest BCUT2D eigenvalue weighted by Gasteiger charge is -2.12. The Bertz CT molecular complexity index is 587. The van der Waals surface area contributed by atoms with Gasteiger partial charge in [-0.2, -0.15) is 0 Å². The van der Waals surface area contributed by atoms with E-state index in [-0.39, 0.29) is 6.42 Å². The Labute approximate surface area is 127 Å². The number of nitrogens with zero attached hydrogens (tertiary/aromatic N) is 1. The molecule has 0 bridgehead atoms. The van der Waals surface area contributed by atoms with Crippen LogP contribution in [0, 0.1) is 0 Å². The van der Waals surface area contributed by atoms with E-state index >= 15 is 0 Å². The van der Waals surface area contributed by atoms with Crippen LogP contribution in [0.2, 0.25) is 0 Å². The maximum absolute atomic E-state index is 10.7. The number of carboxylic acid groups (broad SMARTS) is 1. The number of rotatable bonds is 6. The largest absolute Gasteiger partial charge is 0.481 e. The third-order valence-electron chi connectivity index (χ3n) is 3.25. The Balaban J connectivity index is 2.32. The third kappa shape index (κ3) is 3.51.